The predicted molar refractivity (Wildman–Crippen MR) is 131 cm³/mol. The number of nitrogens with two attached hydrogens (primary N) is 1. The molecule has 0 spiro atoms. The van der Waals surface area contributed by atoms with E-state index in [0.29, 0.717) is 19.4 Å². The molecule has 33 heavy (non-hydrogen) atoms. The van der Waals surface area contributed by atoms with Gasteiger partial charge in [0.2, 0.25) is 0 Å². The summed E-state index contributed by atoms with van der Waals surface area (Å²) in [5, 5.41) is 12.3. The van der Waals surface area contributed by atoms with E-state index in [1.807, 2.05) is 35.8 Å². The van der Waals surface area contributed by atoms with Crippen molar-refractivity contribution in [1.29, 1.82) is 0 Å². The van der Waals surface area contributed by atoms with Crippen LogP contribution >= 0.6 is 34.4 Å². The molecular formula is C23H24N4O3S3. The number of thiophene rings is 1. The quantitative estimate of drug-likeness (QED) is 0.307. The van der Waals surface area contributed by atoms with Crippen molar-refractivity contribution >= 4 is 40.3 Å². The van der Waals surface area contributed by atoms with E-state index in [1.165, 1.54) is 10.5 Å². The Morgan fingerprint density at radius 1 is 1.27 bits per heavy atom. The molecule has 1 aromatic carbocycles. The molecule has 7 nitrogen and oxygen atoms in total. The fourth-order valence-corrected chi connectivity index (χ4v) is 6.37. The zero-order chi connectivity index (χ0) is 23.2. The number of hydrogen-bond acceptors (Lipinski definition) is 8. The van der Waals surface area contributed by atoms with Gasteiger partial charge in [-0.3, -0.25) is 4.79 Å². The number of imidazole rings is 1. The van der Waals surface area contributed by atoms with E-state index < -0.39 is 12.0 Å². The molecule has 0 aliphatic rings. The summed E-state index contributed by atoms with van der Waals surface area (Å²) in [5.41, 5.74) is 6.56. The molecule has 0 fully saturated rings. The lowest BCUT2D eigenvalue weighted by atomic mass is 10.0. The van der Waals surface area contributed by atoms with E-state index in [2.05, 4.69) is 22.1 Å². The molecule has 0 aliphatic carbocycles. The van der Waals surface area contributed by atoms with Crippen LogP contribution in [0.5, 0.6) is 5.75 Å². The number of benzene rings is 1. The molecule has 172 valence electrons. The lowest BCUT2D eigenvalue weighted by Crippen LogP contribution is -2.21. The first kappa shape index (κ1) is 23.5. The van der Waals surface area contributed by atoms with Crippen molar-refractivity contribution < 1.29 is 14.6 Å². The number of carbonyl (C=O) groups excluding carboxylic acids is 1. The highest BCUT2D eigenvalue weighted by molar-refractivity contribution is 8.02. The molecule has 1 amide bonds. The number of primary amides is 1. The Hall–Kier alpha value is -2.66. The van der Waals surface area contributed by atoms with Gasteiger partial charge in [-0.25, -0.2) is 9.97 Å². The summed E-state index contributed by atoms with van der Waals surface area (Å²) in [6, 6.07) is 11.9. The highest BCUT2D eigenvalue weighted by atomic mass is 32.2. The molecule has 4 rings (SSSR count). The topological polar surface area (TPSA) is 103 Å². The first-order chi connectivity index (χ1) is 16.0. The van der Waals surface area contributed by atoms with Gasteiger partial charge in [0.25, 0.3) is 5.91 Å². The summed E-state index contributed by atoms with van der Waals surface area (Å²) in [6.45, 7) is 2.22. The molecule has 10 heteroatoms. The van der Waals surface area contributed by atoms with Crippen LogP contribution < -0.4 is 10.5 Å². The Labute approximate surface area is 204 Å². The summed E-state index contributed by atoms with van der Waals surface area (Å²) in [5.74, 6) is 0.242. The van der Waals surface area contributed by atoms with E-state index in [4.69, 9.17) is 10.5 Å². The molecule has 0 saturated carbocycles. The smallest absolute Gasteiger partial charge is 0.268 e. The monoisotopic (exact) mass is 500 g/mol. The molecule has 4 aromatic rings. The number of aliphatic hydroxyl groups excluding tert-OH is 1. The second-order valence-electron chi connectivity index (χ2n) is 7.43. The molecule has 2 unspecified atom stereocenters. The molecule has 3 N–H and O–H groups in total. The van der Waals surface area contributed by atoms with Gasteiger partial charge >= 0.3 is 0 Å². The molecule has 3 aromatic heterocycles. The Kier molecular flexibility index (Phi) is 7.81. The van der Waals surface area contributed by atoms with Gasteiger partial charge in [0, 0.05) is 22.7 Å². The van der Waals surface area contributed by atoms with Crippen LogP contribution in [0.25, 0.3) is 0 Å². The van der Waals surface area contributed by atoms with Gasteiger partial charge < -0.3 is 20.1 Å². The van der Waals surface area contributed by atoms with Crippen molar-refractivity contribution in [2.24, 2.45) is 5.73 Å². The van der Waals surface area contributed by atoms with Crippen LogP contribution in [0.15, 0.2) is 69.0 Å². The van der Waals surface area contributed by atoms with E-state index in [-0.39, 0.29) is 11.7 Å². The molecule has 0 saturated heterocycles. The minimum Gasteiger partial charge on any atom is -0.488 e. The lowest BCUT2D eigenvalue weighted by molar-refractivity contribution is 0.0994. The third-order valence-electron chi connectivity index (χ3n) is 5.08. The summed E-state index contributed by atoms with van der Waals surface area (Å²) in [7, 11) is 0. The Morgan fingerprint density at radius 3 is 2.85 bits per heavy atom. The lowest BCUT2D eigenvalue weighted by Gasteiger charge is -2.22. The number of amides is 1. The minimum atomic E-state index is -0.618. The average molecular weight is 501 g/mol. The standard InChI is InChI=1S/C23H24N4O3S3/c1-15(28)19(27-12-18(22(24)29)26-14-27)8-6-16-4-2-3-5-20(16)30-13-17-7-9-21(32-17)33-23-25-10-11-31-23/h2-5,7,9-12,14-15,19,28H,6,8,13H2,1H3,(H2,24,29). The second kappa shape index (κ2) is 11.0. The minimum absolute atomic E-state index is 0.188. The maximum absolute atomic E-state index is 11.4. The molecule has 2 atom stereocenters. The van der Waals surface area contributed by atoms with E-state index in [1.54, 1.807) is 52.1 Å². The third kappa shape index (κ3) is 6.23. The van der Waals surface area contributed by atoms with Crippen molar-refractivity contribution in [2.75, 3.05) is 0 Å². The first-order valence-corrected chi connectivity index (χ1v) is 12.9. The normalized spacial score (nSPS) is 13.0. The molecule has 0 radical (unpaired) electrons. The van der Waals surface area contributed by atoms with E-state index >= 15 is 0 Å². The molecular weight excluding hydrogens is 476 g/mol. The summed E-state index contributed by atoms with van der Waals surface area (Å²) in [6.07, 6.45) is 5.67. The summed E-state index contributed by atoms with van der Waals surface area (Å²) >= 11 is 5.00. The van der Waals surface area contributed by atoms with E-state index in [9.17, 15) is 9.90 Å². The van der Waals surface area contributed by atoms with Gasteiger partial charge in [0.05, 0.1) is 22.7 Å². The van der Waals surface area contributed by atoms with Crippen molar-refractivity contribution in [1.82, 2.24) is 14.5 Å². The number of carbonyl (C=O) groups is 1. The van der Waals surface area contributed by atoms with Gasteiger partial charge in [-0.05, 0) is 55.3 Å². The number of para-hydroxylation sites is 1. The van der Waals surface area contributed by atoms with E-state index in [0.717, 1.165) is 20.5 Å². The number of aryl methyl sites for hydroxylation is 1. The number of rotatable bonds is 11. The zero-order valence-corrected chi connectivity index (χ0v) is 20.4. The van der Waals surface area contributed by atoms with Gasteiger partial charge in [0.1, 0.15) is 18.1 Å². The van der Waals surface area contributed by atoms with Gasteiger partial charge in [0.15, 0.2) is 4.34 Å². The Morgan fingerprint density at radius 2 is 2.12 bits per heavy atom. The van der Waals surface area contributed by atoms with Crippen LogP contribution in [0.2, 0.25) is 0 Å². The number of aromatic nitrogens is 3. The van der Waals surface area contributed by atoms with Crippen molar-refractivity contribution in [3.63, 3.8) is 0 Å². The van der Waals surface area contributed by atoms with Crippen molar-refractivity contribution in [3.05, 3.63) is 76.6 Å². The first-order valence-electron chi connectivity index (χ1n) is 10.4. The number of nitrogens with zero attached hydrogens (tertiary/aromatic N) is 3. The Balaban J connectivity index is 1.38. The highest BCUT2D eigenvalue weighted by Crippen LogP contribution is 2.35. The fourth-order valence-electron chi connectivity index (χ4n) is 3.43. The van der Waals surface area contributed by atoms with Crippen molar-refractivity contribution in [3.8, 4) is 5.75 Å². The van der Waals surface area contributed by atoms with Crippen molar-refractivity contribution in [2.45, 2.75) is 47.1 Å². The summed E-state index contributed by atoms with van der Waals surface area (Å²) < 4.78 is 10.1. The fraction of sp³-hybridized carbons (Fsp3) is 0.261. The third-order valence-corrected chi connectivity index (χ3v) is 8.15. The maximum Gasteiger partial charge on any atom is 0.268 e. The summed E-state index contributed by atoms with van der Waals surface area (Å²) in [4.78, 5) is 20.8. The van der Waals surface area contributed by atoms with Crippen LogP contribution in [0.1, 0.15) is 40.3 Å². The van der Waals surface area contributed by atoms with Crippen LogP contribution in [-0.4, -0.2) is 31.7 Å². The predicted octanol–water partition coefficient (Wildman–Crippen LogP) is 4.78. The molecule has 0 aliphatic heterocycles. The van der Waals surface area contributed by atoms with Gasteiger partial charge in [-0.15, -0.1) is 22.7 Å². The Bertz CT molecular complexity index is 1190. The van der Waals surface area contributed by atoms with Gasteiger partial charge in [-0.1, -0.05) is 18.2 Å². The van der Waals surface area contributed by atoms with Crippen LogP contribution in [0.4, 0.5) is 0 Å². The second-order valence-corrected chi connectivity index (χ2v) is 11.0. The molecule has 3 heterocycles. The van der Waals surface area contributed by atoms with Crippen LogP contribution in [0.3, 0.4) is 0 Å². The average Bonchev–Trinajstić information content (AvgIpc) is 3.56. The van der Waals surface area contributed by atoms with Gasteiger partial charge in [-0.2, -0.15) is 0 Å². The van der Waals surface area contributed by atoms with Crippen LogP contribution in [-0.2, 0) is 13.0 Å². The number of thiazole rings is 1. The number of hydrogen-bond donors (Lipinski definition) is 2. The SMILES string of the molecule is CC(O)C(CCc1ccccc1OCc1ccc(Sc2nccs2)s1)n1cnc(C(N)=O)c1. The highest BCUT2D eigenvalue weighted by Gasteiger charge is 2.19. The van der Waals surface area contributed by atoms with Crippen LogP contribution in [0, 0.1) is 0 Å². The zero-order valence-electron chi connectivity index (χ0n) is 18.0. The molecule has 0 bridgehead atoms. The number of ether oxygens (including phenoxy) is 1. The largest absolute Gasteiger partial charge is 0.488 e. The number of aliphatic hydroxyl groups is 1. The maximum atomic E-state index is 11.4.